The molecule has 0 bridgehead atoms. The SMILES string of the molecule is O=C(NNC(=O)c1ccc(COc2ccccc2)o1)c1cnc2ccccc2n1. The van der Waals surface area contributed by atoms with Gasteiger partial charge in [0.05, 0.1) is 17.2 Å². The fourth-order valence-corrected chi connectivity index (χ4v) is 2.55. The summed E-state index contributed by atoms with van der Waals surface area (Å²) in [5.74, 6) is 0.0276. The first-order valence-electron chi connectivity index (χ1n) is 8.78. The number of ether oxygens (including phenoxy) is 1. The molecule has 0 fully saturated rings. The van der Waals surface area contributed by atoms with E-state index in [1.54, 1.807) is 24.3 Å². The van der Waals surface area contributed by atoms with Gasteiger partial charge in [-0.15, -0.1) is 0 Å². The van der Waals surface area contributed by atoms with E-state index in [4.69, 9.17) is 9.15 Å². The molecule has 8 heteroatoms. The second kappa shape index (κ2) is 8.22. The van der Waals surface area contributed by atoms with Crippen LogP contribution in [-0.4, -0.2) is 21.8 Å². The maximum absolute atomic E-state index is 12.2. The number of hydrogen-bond donors (Lipinski definition) is 2. The van der Waals surface area contributed by atoms with Crippen molar-refractivity contribution in [3.63, 3.8) is 0 Å². The zero-order valence-electron chi connectivity index (χ0n) is 15.2. The fraction of sp³-hybridized carbons (Fsp3) is 0.0476. The van der Waals surface area contributed by atoms with Crippen molar-refractivity contribution in [1.29, 1.82) is 0 Å². The first kappa shape index (κ1) is 18.2. The highest BCUT2D eigenvalue weighted by atomic mass is 16.5. The summed E-state index contributed by atoms with van der Waals surface area (Å²) in [5.41, 5.74) is 5.93. The molecule has 2 aromatic heterocycles. The summed E-state index contributed by atoms with van der Waals surface area (Å²) in [6.45, 7) is 0.177. The third-order valence-corrected chi connectivity index (χ3v) is 3.98. The van der Waals surface area contributed by atoms with E-state index < -0.39 is 11.8 Å². The van der Waals surface area contributed by atoms with Crippen LogP contribution in [0.15, 0.2) is 77.3 Å². The van der Waals surface area contributed by atoms with Crippen molar-refractivity contribution in [3.8, 4) is 5.75 Å². The van der Waals surface area contributed by atoms with Crippen molar-refractivity contribution in [2.75, 3.05) is 0 Å². The van der Waals surface area contributed by atoms with Crippen LogP contribution in [0.5, 0.6) is 5.75 Å². The Morgan fingerprint density at radius 2 is 1.59 bits per heavy atom. The number of amides is 2. The van der Waals surface area contributed by atoms with E-state index in [0.717, 1.165) is 0 Å². The summed E-state index contributed by atoms with van der Waals surface area (Å²) in [6.07, 6.45) is 1.34. The van der Waals surface area contributed by atoms with Crippen molar-refractivity contribution < 1.29 is 18.7 Å². The van der Waals surface area contributed by atoms with Crippen LogP contribution in [0.2, 0.25) is 0 Å². The van der Waals surface area contributed by atoms with Crippen molar-refractivity contribution in [2.45, 2.75) is 6.61 Å². The van der Waals surface area contributed by atoms with Crippen LogP contribution in [0, 0.1) is 0 Å². The third-order valence-electron chi connectivity index (χ3n) is 3.98. The summed E-state index contributed by atoms with van der Waals surface area (Å²) < 4.78 is 11.0. The second-order valence-electron chi connectivity index (χ2n) is 6.02. The number of carbonyl (C=O) groups excluding carboxylic acids is 2. The number of aromatic nitrogens is 2. The Morgan fingerprint density at radius 1 is 0.862 bits per heavy atom. The maximum Gasteiger partial charge on any atom is 0.305 e. The lowest BCUT2D eigenvalue weighted by Crippen LogP contribution is -2.41. The lowest BCUT2D eigenvalue weighted by atomic mass is 10.3. The summed E-state index contributed by atoms with van der Waals surface area (Å²) in [4.78, 5) is 32.8. The lowest BCUT2D eigenvalue weighted by molar-refractivity contribution is 0.0826. The molecule has 4 rings (SSSR count). The number of hydrogen-bond acceptors (Lipinski definition) is 6. The number of nitrogens with zero attached hydrogens (tertiary/aromatic N) is 2. The summed E-state index contributed by atoms with van der Waals surface area (Å²) in [6, 6.07) is 19.6. The molecule has 144 valence electrons. The third kappa shape index (κ3) is 4.38. The molecule has 8 nitrogen and oxygen atoms in total. The summed E-state index contributed by atoms with van der Waals surface area (Å²) in [5, 5.41) is 0. The van der Waals surface area contributed by atoms with Gasteiger partial charge in [-0.25, -0.2) is 4.98 Å². The smallest absolute Gasteiger partial charge is 0.305 e. The van der Waals surface area contributed by atoms with Gasteiger partial charge in [0.25, 0.3) is 5.91 Å². The van der Waals surface area contributed by atoms with E-state index in [1.807, 2.05) is 36.4 Å². The average Bonchev–Trinajstić information content (AvgIpc) is 3.25. The van der Waals surface area contributed by atoms with E-state index in [-0.39, 0.29) is 18.1 Å². The number of rotatable bonds is 5. The van der Waals surface area contributed by atoms with Gasteiger partial charge in [-0.05, 0) is 36.4 Å². The monoisotopic (exact) mass is 388 g/mol. The van der Waals surface area contributed by atoms with E-state index in [9.17, 15) is 9.59 Å². The average molecular weight is 388 g/mol. The summed E-state index contributed by atoms with van der Waals surface area (Å²) in [7, 11) is 0. The van der Waals surface area contributed by atoms with Gasteiger partial charge in [-0.2, -0.15) is 0 Å². The molecule has 4 aromatic rings. The zero-order valence-corrected chi connectivity index (χ0v) is 15.2. The Balaban J connectivity index is 1.33. The normalized spacial score (nSPS) is 10.5. The number of para-hydroxylation sites is 3. The van der Waals surface area contributed by atoms with E-state index >= 15 is 0 Å². The highest BCUT2D eigenvalue weighted by molar-refractivity contribution is 5.97. The zero-order chi connectivity index (χ0) is 20.1. The molecule has 0 aliphatic rings. The molecule has 0 saturated carbocycles. The number of fused-ring (bicyclic) bond motifs is 1. The first-order valence-corrected chi connectivity index (χ1v) is 8.78. The van der Waals surface area contributed by atoms with Crippen molar-refractivity contribution >= 4 is 22.8 Å². The Kier molecular flexibility index (Phi) is 5.15. The molecule has 0 spiro atoms. The lowest BCUT2D eigenvalue weighted by Gasteiger charge is -2.06. The van der Waals surface area contributed by atoms with Crippen molar-refractivity contribution in [3.05, 3.63) is 90.1 Å². The van der Waals surface area contributed by atoms with E-state index in [0.29, 0.717) is 22.5 Å². The Hall–Kier alpha value is -4.20. The van der Waals surface area contributed by atoms with Gasteiger partial charge >= 0.3 is 5.91 Å². The topological polar surface area (TPSA) is 106 Å². The molecule has 29 heavy (non-hydrogen) atoms. The Morgan fingerprint density at radius 3 is 2.41 bits per heavy atom. The number of carbonyl (C=O) groups is 2. The van der Waals surface area contributed by atoms with Gasteiger partial charge in [0, 0.05) is 0 Å². The van der Waals surface area contributed by atoms with Gasteiger partial charge in [-0.3, -0.25) is 25.4 Å². The number of hydrazine groups is 1. The molecule has 0 radical (unpaired) electrons. The molecule has 2 amide bonds. The predicted molar refractivity (Wildman–Crippen MR) is 104 cm³/mol. The molecule has 2 N–H and O–H groups in total. The minimum absolute atomic E-state index is 0.0431. The molecule has 2 heterocycles. The Bertz CT molecular complexity index is 1160. The quantitative estimate of drug-likeness (QED) is 0.509. The molecule has 0 aliphatic carbocycles. The fourth-order valence-electron chi connectivity index (χ4n) is 2.55. The minimum atomic E-state index is -0.599. The number of benzene rings is 2. The predicted octanol–water partition coefficient (Wildman–Crippen LogP) is 2.88. The van der Waals surface area contributed by atoms with Crippen molar-refractivity contribution in [2.24, 2.45) is 0 Å². The standard InChI is InChI=1S/C21H16N4O4/c26-20(18-12-22-16-8-4-5-9-17(16)23-18)24-25-21(27)19-11-10-15(29-19)13-28-14-6-2-1-3-7-14/h1-12H,13H2,(H,24,26)(H,25,27). The number of nitrogens with one attached hydrogen (secondary N) is 2. The van der Waals surface area contributed by atoms with Gasteiger partial charge in [0.2, 0.25) is 0 Å². The van der Waals surface area contributed by atoms with Gasteiger partial charge in [0.15, 0.2) is 5.76 Å². The van der Waals surface area contributed by atoms with Crippen molar-refractivity contribution in [1.82, 2.24) is 20.8 Å². The van der Waals surface area contributed by atoms with Crippen LogP contribution in [0.1, 0.15) is 26.8 Å². The molecular weight excluding hydrogens is 372 g/mol. The van der Waals surface area contributed by atoms with Crippen LogP contribution in [0.4, 0.5) is 0 Å². The molecule has 0 saturated heterocycles. The van der Waals surface area contributed by atoms with Gasteiger partial charge in [0.1, 0.15) is 23.8 Å². The molecule has 0 unspecified atom stereocenters. The van der Waals surface area contributed by atoms with E-state index in [1.165, 1.54) is 12.3 Å². The molecular formula is C21H16N4O4. The molecule has 0 atom stereocenters. The highest BCUT2D eigenvalue weighted by Crippen LogP contribution is 2.14. The highest BCUT2D eigenvalue weighted by Gasteiger charge is 2.14. The van der Waals surface area contributed by atoms with Crippen LogP contribution >= 0.6 is 0 Å². The van der Waals surface area contributed by atoms with Crippen LogP contribution in [0.3, 0.4) is 0 Å². The largest absolute Gasteiger partial charge is 0.486 e. The molecule has 2 aromatic carbocycles. The second-order valence-corrected chi connectivity index (χ2v) is 6.02. The van der Waals surface area contributed by atoms with E-state index in [2.05, 4.69) is 20.8 Å². The van der Waals surface area contributed by atoms with Crippen LogP contribution in [0.25, 0.3) is 11.0 Å². The molecule has 0 aliphatic heterocycles. The van der Waals surface area contributed by atoms with Gasteiger partial charge in [-0.1, -0.05) is 30.3 Å². The maximum atomic E-state index is 12.2. The van der Waals surface area contributed by atoms with Gasteiger partial charge < -0.3 is 9.15 Å². The number of furan rings is 1. The van der Waals surface area contributed by atoms with Crippen LogP contribution in [-0.2, 0) is 6.61 Å². The Labute approximate surface area is 165 Å². The summed E-state index contributed by atoms with van der Waals surface area (Å²) >= 11 is 0. The van der Waals surface area contributed by atoms with Crippen LogP contribution < -0.4 is 15.6 Å². The first-order chi connectivity index (χ1) is 14.2. The minimum Gasteiger partial charge on any atom is -0.486 e.